The van der Waals surface area contributed by atoms with Crippen LogP contribution in [0.1, 0.15) is 0 Å². The van der Waals surface area contributed by atoms with Crippen LogP contribution in [0.3, 0.4) is 0 Å². The van der Waals surface area contributed by atoms with Gasteiger partial charge in [0.25, 0.3) is 0 Å². The van der Waals surface area contributed by atoms with Crippen molar-refractivity contribution < 1.29 is 8.91 Å². The molecule has 0 amide bonds. The molecule has 2 N–H and O–H groups in total. The predicted octanol–water partition coefficient (Wildman–Crippen LogP) is 5.04. The summed E-state index contributed by atoms with van der Waals surface area (Å²) in [6.45, 7) is 0. The van der Waals surface area contributed by atoms with Crippen LogP contribution >= 0.6 is 23.2 Å². The first-order valence-corrected chi connectivity index (χ1v) is 6.79. The van der Waals surface area contributed by atoms with E-state index in [1.165, 1.54) is 12.1 Å². The van der Waals surface area contributed by atoms with Crippen LogP contribution in [-0.4, -0.2) is 5.16 Å². The fourth-order valence-corrected chi connectivity index (χ4v) is 2.70. The molecule has 1 aromatic heterocycles. The highest BCUT2D eigenvalue weighted by Crippen LogP contribution is 2.43. The molecule has 0 aliphatic rings. The largest absolute Gasteiger partial charge is 0.367 e. The van der Waals surface area contributed by atoms with Crippen LogP contribution in [-0.2, 0) is 0 Å². The third-order valence-corrected chi connectivity index (χ3v) is 3.66. The van der Waals surface area contributed by atoms with E-state index in [0.717, 1.165) is 0 Å². The normalized spacial score (nSPS) is 10.8. The molecule has 0 atom stereocenters. The zero-order chi connectivity index (χ0) is 15.0. The molecule has 3 nitrogen and oxygen atoms in total. The maximum Gasteiger partial charge on any atom is 0.230 e. The fraction of sp³-hybridized carbons (Fsp3) is 0. The van der Waals surface area contributed by atoms with E-state index in [4.69, 9.17) is 33.5 Å². The van der Waals surface area contributed by atoms with Crippen molar-refractivity contribution in [3.63, 3.8) is 0 Å². The summed E-state index contributed by atoms with van der Waals surface area (Å²) in [7, 11) is 0. The summed E-state index contributed by atoms with van der Waals surface area (Å²) >= 11 is 12.4. The third kappa shape index (κ3) is 2.48. The number of hydrogen-bond donors (Lipinski definition) is 1. The van der Waals surface area contributed by atoms with E-state index >= 15 is 0 Å². The van der Waals surface area contributed by atoms with Crippen molar-refractivity contribution in [1.82, 2.24) is 5.16 Å². The van der Waals surface area contributed by atoms with Gasteiger partial charge in [-0.1, -0.05) is 46.6 Å². The smallest absolute Gasteiger partial charge is 0.230 e. The summed E-state index contributed by atoms with van der Waals surface area (Å²) in [6, 6.07) is 11.1. The molecular formula is C15H9Cl2FN2O. The topological polar surface area (TPSA) is 52.0 Å². The van der Waals surface area contributed by atoms with Crippen LogP contribution < -0.4 is 5.73 Å². The predicted molar refractivity (Wildman–Crippen MR) is 81.8 cm³/mol. The van der Waals surface area contributed by atoms with Gasteiger partial charge in [0.15, 0.2) is 0 Å². The van der Waals surface area contributed by atoms with E-state index < -0.39 is 0 Å². The molecule has 3 rings (SSSR count). The molecular weight excluding hydrogens is 314 g/mol. The Morgan fingerprint density at radius 3 is 2.33 bits per heavy atom. The summed E-state index contributed by atoms with van der Waals surface area (Å²) < 4.78 is 18.5. The number of benzene rings is 2. The van der Waals surface area contributed by atoms with Crippen molar-refractivity contribution in [3.8, 4) is 22.4 Å². The molecule has 0 aliphatic heterocycles. The van der Waals surface area contributed by atoms with Crippen LogP contribution in [0.2, 0.25) is 10.0 Å². The second kappa shape index (κ2) is 5.39. The number of anilines is 1. The van der Waals surface area contributed by atoms with Crippen LogP contribution in [0.4, 0.5) is 10.3 Å². The monoisotopic (exact) mass is 322 g/mol. The lowest BCUT2D eigenvalue weighted by molar-refractivity contribution is 0.439. The Morgan fingerprint density at radius 1 is 1.00 bits per heavy atom. The van der Waals surface area contributed by atoms with E-state index in [0.29, 0.717) is 32.4 Å². The van der Waals surface area contributed by atoms with E-state index in [1.807, 2.05) is 0 Å². The highest BCUT2D eigenvalue weighted by molar-refractivity contribution is 6.39. The zero-order valence-electron chi connectivity index (χ0n) is 10.6. The second-order valence-corrected chi connectivity index (χ2v) is 5.19. The maximum atomic E-state index is 13.4. The summed E-state index contributed by atoms with van der Waals surface area (Å²) in [4.78, 5) is 0. The first kappa shape index (κ1) is 13.9. The first-order valence-electron chi connectivity index (χ1n) is 6.03. The molecule has 0 saturated carbocycles. The molecule has 106 valence electrons. The molecule has 1 heterocycles. The Morgan fingerprint density at radius 2 is 1.67 bits per heavy atom. The molecule has 3 aromatic rings. The Balaban J connectivity index is 2.28. The van der Waals surface area contributed by atoms with Crippen molar-refractivity contribution in [2.75, 3.05) is 5.73 Å². The lowest BCUT2D eigenvalue weighted by Gasteiger charge is -2.07. The fourth-order valence-electron chi connectivity index (χ4n) is 2.11. The van der Waals surface area contributed by atoms with Gasteiger partial charge in [0.2, 0.25) is 5.88 Å². The van der Waals surface area contributed by atoms with E-state index in [9.17, 15) is 4.39 Å². The SMILES string of the molecule is Nc1onc(-c2cccc(F)c2)c1-c1c(Cl)cccc1Cl. The summed E-state index contributed by atoms with van der Waals surface area (Å²) in [5.74, 6) is -0.311. The average molecular weight is 323 g/mol. The molecule has 0 bridgehead atoms. The van der Waals surface area contributed by atoms with E-state index in [-0.39, 0.29) is 11.7 Å². The van der Waals surface area contributed by atoms with Gasteiger partial charge in [0.1, 0.15) is 11.5 Å². The third-order valence-electron chi connectivity index (χ3n) is 3.03. The molecule has 0 radical (unpaired) electrons. The van der Waals surface area contributed by atoms with E-state index in [1.54, 1.807) is 30.3 Å². The van der Waals surface area contributed by atoms with E-state index in [2.05, 4.69) is 5.16 Å². The number of nitrogen functional groups attached to an aromatic ring is 1. The van der Waals surface area contributed by atoms with Crippen molar-refractivity contribution in [2.24, 2.45) is 0 Å². The molecule has 0 unspecified atom stereocenters. The van der Waals surface area contributed by atoms with Gasteiger partial charge in [-0.15, -0.1) is 0 Å². The van der Waals surface area contributed by atoms with Gasteiger partial charge in [-0.25, -0.2) is 4.39 Å². The van der Waals surface area contributed by atoms with Gasteiger partial charge in [-0.2, -0.15) is 0 Å². The standard InChI is InChI=1S/C15H9Cl2FN2O/c16-10-5-2-6-11(17)12(10)13-14(20-21-15(13)19)8-3-1-4-9(18)7-8/h1-7H,19H2. The number of halogens is 3. The number of hydrogen-bond acceptors (Lipinski definition) is 3. The minimum Gasteiger partial charge on any atom is -0.367 e. The molecule has 6 heteroatoms. The molecule has 0 aliphatic carbocycles. The minimum atomic E-state index is -0.384. The summed E-state index contributed by atoms with van der Waals surface area (Å²) in [6.07, 6.45) is 0. The van der Waals surface area contributed by atoms with Gasteiger partial charge >= 0.3 is 0 Å². The van der Waals surface area contributed by atoms with Crippen molar-refractivity contribution in [2.45, 2.75) is 0 Å². The van der Waals surface area contributed by atoms with Crippen LogP contribution in [0.5, 0.6) is 0 Å². The molecule has 21 heavy (non-hydrogen) atoms. The molecule has 2 aromatic carbocycles. The zero-order valence-corrected chi connectivity index (χ0v) is 12.1. The second-order valence-electron chi connectivity index (χ2n) is 4.38. The van der Waals surface area contributed by atoms with Gasteiger partial charge in [-0.05, 0) is 24.3 Å². The first-order chi connectivity index (χ1) is 10.1. The summed E-state index contributed by atoms with van der Waals surface area (Å²) in [5, 5.41) is 4.73. The quantitative estimate of drug-likeness (QED) is 0.719. The Labute approximate surface area is 130 Å². The highest BCUT2D eigenvalue weighted by Gasteiger charge is 2.22. The number of nitrogens with two attached hydrogens (primary N) is 1. The minimum absolute atomic E-state index is 0.0734. The Bertz CT molecular complexity index is 797. The van der Waals surface area contributed by atoms with Crippen LogP contribution in [0.15, 0.2) is 47.0 Å². The molecule has 0 fully saturated rings. The van der Waals surface area contributed by atoms with Crippen LogP contribution in [0.25, 0.3) is 22.4 Å². The Hall–Kier alpha value is -2.04. The van der Waals surface area contributed by atoms with Crippen molar-refractivity contribution in [1.29, 1.82) is 0 Å². The lowest BCUT2D eigenvalue weighted by Crippen LogP contribution is -1.90. The highest BCUT2D eigenvalue weighted by atomic mass is 35.5. The average Bonchev–Trinajstić information content (AvgIpc) is 2.81. The Kier molecular flexibility index (Phi) is 3.57. The lowest BCUT2D eigenvalue weighted by atomic mass is 10.0. The van der Waals surface area contributed by atoms with Crippen molar-refractivity contribution >= 4 is 29.1 Å². The van der Waals surface area contributed by atoms with Crippen LogP contribution in [0, 0.1) is 5.82 Å². The van der Waals surface area contributed by atoms with Crippen molar-refractivity contribution in [3.05, 3.63) is 58.3 Å². The molecule has 0 spiro atoms. The maximum absolute atomic E-state index is 13.4. The number of aromatic nitrogens is 1. The molecule has 0 saturated heterocycles. The van der Waals surface area contributed by atoms with Gasteiger partial charge in [0.05, 0.1) is 15.6 Å². The summed E-state index contributed by atoms with van der Waals surface area (Å²) in [5.41, 5.74) is 7.73. The van der Waals surface area contributed by atoms with Gasteiger partial charge < -0.3 is 10.3 Å². The van der Waals surface area contributed by atoms with Gasteiger partial charge in [0, 0.05) is 11.1 Å². The number of nitrogens with zero attached hydrogens (tertiary/aromatic N) is 1. The number of rotatable bonds is 2. The van der Waals surface area contributed by atoms with Gasteiger partial charge in [-0.3, -0.25) is 0 Å².